The van der Waals surface area contributed by atoms with Gasteiger partial charge in [0, 0.05) is 19.5 Å². The molecule has 0 aromatic rings. The van der Waals surface area contributed by atoms with Gasteiger partial charge < -0.3 is 15.0 Å². The zero-order valence-corrected chi connectivity index (χ0v) is 12.3. The normalized spacial score (nSPS) is 19.4. The fourth-order valence-electron chi connectivity index (χ4n) is 2.33. The van der Waals surface area contributed by atoms with Crippen molar-refractivity contribution in [3.05, 3.63) is 0 Å². The highest BCUT2D eigenvalue weighted by molar-refractivity contribution is 5.93. The third-order valence-electron chi connectivity index (χ3n) is 3.66. The highest BCUT2D eigenvalue weighted by atomic mass is 19.4. The first-order valence-electron chi connectivity index (χ1n) is 6.99. The Kier molecular flexibility index (Phi) is 6.00. The summed E-state index contributed by atoms with van der Waals surface area (Å²) in [5.41, 5.74) is -0.961. The number of carbonyl (C=O) groups excluding carboxylic acids is 2. The summed E-state index contributed by atoms with van der Waals surface area (Å²) >= 11 is 0. The van der Waals surface area contributed by atoms with Crippen LogP contribution in [0.15, 0.2) is 0 Å². The van der Waals surface area contributed by atoms with Gasteiger partial charge in [-0.3, -0.25) is 9.59 Å². The highest BCUT2D eigenvalue weighted by Crippen LogP contribution is 2.22. The van der Waals surface area contributed by atoms with Crippen molar-refractivity contribution in [1.82, 2.24) is 10.2 Å². The average Bonchev–Trinajstić information content (AvgIpc) is 2.53. The summed E-state index contributed by atoms with van der Waals surface area (Å²) in [6, 6.07) is 0. The lowest BCUT2D eigenvalue weighted by molar-refractivity contribution is -0.175. The number of alkyl halides is 3. The maximum atomic E-state index is 12.5. The predicted molar refractivity (Wildman–Crippen MR) is 69.5 cm³/mol. The number of rotatable bonds is 6. The standard InChI is InChI=1S/C13H21F3N2O3/c1-3-12(4-2)11(20)18(6-5-10(19)17-12)7-8-21-9-13(14,15)16/h3-9H2,1-2H3,(H,17,19). The van der Waals surface area contributed by atoms with E-state index in [1.54, 1.807) is 13.8 Å². The molecule has 1 aliphatic heterocycles. The largest absolute Gasteiger partial charge is 0.411 e. The maximum Gasteiger partial charge on any atom is 0.411 e. The molecule has 1 saturated heterocycles. The van der Waals surface area contributed by atoms with E-state index in [1.807, 2.05) is 0 Å². The van der Waals surface area contributed by atoms with E-state index >= 15 is 0 Å². The summed E-state index contributed by atoms with van der Waals surface area (Å²) in [6.07, 6.45) is -3.36. The SMILES string of the molecule is CCC1(CC)NC(=O)CCN(CCOCC(F)(F)F)C1=O. The quantitative estimate of drug-likeness (QED) is 0.756. The zero-order valence-electron chi connectivity index (χ0n) is 12.3. The number of hydrogen-bond acceptors (Lipinski definition) is 3. The lowest BCUT2D eigenvalue weighted by Gasteiger charge is -2.33. The minimum absolute atomic E-state index is 0.0472. The first kappa shape index (κ1) is 17.7. The molecule has 0 unspecified atom stereocenters. The minimum atomic E-state index is -4.38. The van der Waals surface area contributed by atoms with Crippen molar-refractivity contribution in [2.75, 3.05) is 26.3 Å². The van der Waals surface area contributed by atoms with Crippen molar-refractivity contribution in [2.45, 2.75) is 44.8 Å². The molecular weight excluding hydrogens is 289 g/mol. The molecule has 0 spiro atoms. The number of ether oxygens (including phenoxy) is 1. The molecule has 1 fully saturated rings. The Morgan fingerprint density at radius 3 is 2.43 bits per heavy atom. The van der Waals surface area contributed by atoms with Gasteiger partial charge in [-0.25, -0.2) is 0 Å². The second kappa shape index (κ2) is 7.11. The van der Waals surface area contributed by atoms with Crippen molar-refractivity contribution >= 4 is 11.8 Å². The van der Waals surface area contributed by atoms with Crippen LogP contribution in [0.4, 0.5) is 13.2 Å². The van der Waals surface area contributed by atoms with Crippen LogP contribution >= 0.6 is 0 Å². The van der Waals surface area contributed by atoms with E-state index in [4.69, 9.17) is 0 Å². The minimum Gasteiger partial charge on any atom is -0.370 e. The first-order chi connectivity index (χ1) is 9.74. The second-order valence-electron chi connectivity index (χ2n) is 5.05. The molecule has 1 N–H and O–H groups in total. The van der Waals surface area contributed by atoms with Crippen molar-refractivity contribution in [3.63, 3.8) is 0 Å². The van der Waals surface area contributed by atoms with Crippen LogP contribution in [0.5, 0.6) is 0 Å². The highest BCUT2D eigenvalue weighted by Gasteiger charge is 2.41. The molecule has 1 aliphatic rings. The van der Waals surface area contributed by atoms with Crippen molar-refractivity contribution in [1.29, 1.82) is 0 Å². The molecule has 2 amide bonds. The molecule has 122 valence electrons. The Hall–Kier alpha value is -1.31. The maximum absolute atomic E-state index is 12.5. The van der Waals surface area contributed by atoms with Crippen LogP contribution in [0.2, 0.25) is 0 Å². The van der Waals surface area contributed by atoms with E-state index < -0.39 is 18.3 Å². The molecule has 0 aromatic carbocycles. The van der Waals surface area contributed by atoms with Gasteiger partial charge in [0.05, 0.1) is 6.61 Å². The van der Waals surface area contributed by atoms with Gasteiger partial charge in [-0.05, 0) is 12.8 Å². The zero-order chi connectivity index (χ0) is 16.1. The van der Waals surface area contributed by atoms with Gasteiger partial charge in [0.1, 0.15) is 12.1 Å². The van der Waals surface area contributed by atoms with Crippen LogP contribution < -0.4 is 5.32 Å². The Bertz CT molecular complexity index is 381. The van der Waals surface area contributed by atoms with Gasteiger partial charge in [-0.1, -0.05) is 13.8 Å². The Balaban J connectivity index is 2.64. The summed E-state index contributed by atoms with van der Waals surface area (Å²) in [6.45, 7) is 2.30. The lowest BCUT2D eigenvalue weighted by Crippen LogP contribution is -2.56. The summed E-state index contributed by atoms with van der Waals surface area (Å²) in [7, 11) is 0. The third-order valence-corrected chi connectivity index (χ3v) is 3.66. The molecule has 0 atom stereocenters. The van der Waals surface area contributed by atoms with E-state index in [0.29, 0.717) is 12.8 Å². The predicted octanol–water partition coefficient (Wildman–Crippen LogP) is 1.47. The van der Waals surface area contributed by atoms with E-state index in [2.05, 4.69) is 10.1 Å². The van der Waals surface area contributed by atoms with E-state index in [-0.39, 0.29) is 37.9 Å². The molecule has 0 radical (unpaired) electrons. The summed E-state index contributed by atoms with van der Waals surface area (Å²) in [5.74, 6) is -0.472. The van der Waals surface area contributed by atoms with Crippen molar-refractivity contribution < 1.29 is 27.5 Å². The smallest absolute Gasteiger partial charge is 0.370 e. The number of carbonyl (C=O) groups is 2. The summed E-state index contributed by atoms with van der Waals surface area (Å²) in [5, 5.41) is 2.74. The Morgan fingerprint density at radius 2 is 1.90 bits per heavy atom. The molecule has 0 bridgehead atoms. The molecule has 1 rings (SSSR count). The molecular formula is C13H21F3N2O3. The van der Waals surface area contributed by atoms with Crippen molar-refractivity contribution in [2.24, 2.45) is 0 Å². The summed E-state index contributed by atoms with van der Waals surface area (Å²) in [4.78, 5) is 25.6. The average molecular weight is 310 g/mol. The number of nitrogens with one attached hydrogen (secondary N) is 1. The lowest BCUT2D eigenvalue weighted by atomic mass is 9.91. The van der Waals surface area contributed by atoms with Crippen LogP contribution in [0.25, 0.3) is 0 Å². The molecule has 8 heteroatoms. The second-order valence-corrected chi connectivity index (χ2v) is 5.05. The molecule has 21 heavy (non-hydrogen) atoms. The Morgan fingerprint density at radius 1 is 1.29 bits per heavy atom. The van der Waals surface area contributed by atoms with Gasteiger partial charge in [-0.15, -0.1) is 0 Å². The van der Waals surface area contributed by atoms with Crippen LogP contribution in [0, 0.1) is 0 Å². The van der Waals surface area contributed by atoms with E-state index in [1.165, 1.54) is 4.90 Å². The monoisotopic (exact) mass is 310 g/mol. The number of halogens is 3. The fourth-order valence-corrected chi connectivity index (χ4v) is 2.33. The van der Waals surface area contributed by atoms with Gasteiger partial charge in [-0.2, -0.15) is 13.2 Å². The topological polar surface area (TPSA) is 58.6 Å². The number of nitrogens with zero attached hydrogens (tertiary/aromatic N) is 1. The molecule has 0 aromatic heterocycles. The summed E-state index contributed by atoms with van der Waals surface area (Å²) < 4.78 is 40.5. The molecule has 0 aliphatic carbocycles. The first-order valence-corrected chi connectivity index (χ1v) is 6.99. The fraction of sp³-hybridized carbons (Fsp3) is 0.846. The van der Waals surface area contributed by atoms with Gasteiger partial charge >= 0.3 is 6.18 Å². The van der Waals surface area contributed by atoms with Crippen LogP contribution in [-0.4, -0.2) is 54.7 Å². The number of hydrogen-bond donors (Lipinski definition) is 1. The molecule has 5 nitrogen and oxygen atoms in total. The van der Waals surface area contributed by atoms with Gasteiger partial charge in [0.25, 0.3) is 0 Å². The van der Waals surface area contributed by atoms with Crippen molar-refractivity contribution in [3.8, 4) is 0 Å². The van der Waals surface area contributed by atoms with Crippen LogP contribution in [0.1, 0.15) is 33.1 Å². The van der Waals surface area contributed by atoms with Crippen LogP contribution in [-0.2, 0) is 14.3 Å². The van der Waals surface area contributed by atoms with E-state index in [0.717, 1.165) is 0 Å². The molecule has 1 heterocycles. The Labute approximate surface area is 121 Å². The number of amides is 2. The molecule has 0 saturated carbocycles. The third kappa shape index (κ3) is 4.87. The van der Waals surface area contributed by atoms with Gasteiger partial charge in [0.2, 0.25) is 11.8 Å². The van der Waals surface area contributed by atoms with E-state index in [9.17, 15) is 22.8 Å². The van der Waals surface area contributed by atoms with Gasteiger partial charge in [0.15, 0.2) is 0 Å². The van der Waals surface area contributed by atoms with Crippen LogP contribution in [0.3, 0.4) is 0 Å².